The van der Waals surface area contributed by atoms with Gasteiger partial charge in [0.1, 0.15) is 24.5 Å². The molecule has 0 atom stereocenters. The first-order valence-corrected chi connectivity index (χ1v) is 6.71. The Morgan fingerprint density at radius 3 is 1.61 bits per heavy atom. The number of rotatable bonds is 3. The molecule has 0 saturated carbocycles. The summed E-state index contributed by atoms with van der Waals surface area (Å²) in [5, 5.41) is 0. The van der Waals surface area contributed by atoms with Crippen molar-refractivity contribution < 1.29 is 129 Å². The molecule has 0 unspecified atom stereocenters. The van der Waals surface area contributed by atoms with Gasteiger partial charge in [-0.1, -0.05) is 30.3 Å². The molecule has 0 radical (unpaired) electrons. The topological polar surface area (TPSA) is 114 Å². The standard InChI is InChI=1S/C8H8O6S2.2K/c9-15(10,11)8(16(12,13)14)6-7-4-2-1-3-5-7;;/h1-6H,(H,9,10,11)(H,12,13,14);;/q;2*+1/p-2. The SMILES string of the molecule is O=S(=O)([O-])C(=Cc1ccccc1)S(=O)(=O)[O-].[K+].[K+]. The van der Waals surface area contributed by atoms with Gasteiger partial charge >= 0.3 is 103 Å². The Bertz CT molecular complexity index is 572. The first-order chi connectivity index (χ1) is 7.21. The van der Waals surface area contributed by atoms with Crippen molar-refractivity contribution in [2.24, 2.45) is 0 Å². The molecule has 0 N–H and O–H groups in total. The summed E-state index contributed by atoms with van der Waals surface area (Å²) in [6.07, 6.45) is 0.532. The molecule has 0 aliphatic carbocycles. The zero-order valence-corrected chi connectivity index (χ0v) is 17.6. The van der Waals surface area contributed by atoms with Crippen molar-refractivity contribution in [2.75, 3.05) is 0 Å². The first-order valence-electron chi connectivity index (χ1n) is 3.90. The Kier molecular flexibility index (Phi) is 11.4. The number of benzene rings is 1. The molecule has 0 bridgehead atoms. The maximum absolute atomic E-state index is 10.6. The molecule has 6 nitrogen and oxygen atoms in total. The van der Waals surface area contributed by atoms with E-state index in [0.717, 1.165) is 0 Å². The summed E-state index contributed by atoms with van der Waals surface area (Å²) in [4.78, 5) is 0. The van der Waals surface area contributed by atoms with Crippen LogP contribution in [0.4, 0.5) is 0 Å². The zero-order chi connectivity index (χ0) is 12.4. The van der Waals surface area contributed by atoms with Crippen LogP contribution in [-0.2, 0) is 20.2 Å². The summed E-state index contributed by atoms with van der Waals surface area (Å²) in [5.41, 5.74) is 0.136. The largest absolute Gasteiger partial charge is 1.00 e. The van der Waals surface area contributed by atoms with E-state index in [2.05, 4.69) is 0 Å². The van der Waals surface area contributed by atoms with Crippen LogP contribution in [0.5, 0.6) is 0 Å². The molecular formula is C8H6K2O6S2. The van der Waals surface area contributed by atoms with Gasteiger partial charge in [-0.3, -0.25) is 0 Å². The van der Waals surface area contributed by atoms with Crippen LogP contribution in [0.2, 0.25) is 0 Å². The van der Waals surface area contributed by atoms with Gasteiger partial charge in [0.15, 0.2) is 0 Å². The minimum Gasteiger partial charge on any atom is -0.744 e. The summed E-state index contributed by atoms with van der Waals surface area (Å²) < 4.78 is 61.8. The molecule has 0 fully saturated rings. The average molecular weight is 340 g/mol. The second-order valence-electron chi connectivity index (χ2n) is 2.78. The van der Waals surface area contributed by atoms with E-state index in [-0.39, 0.29) is 108 Å². The minimum absolute atomic E-state index is 0. The van der Waals surface area contributed by atoms with Crippen LogP contribution in [0.1, 0.15) is 5.56 Å². The molecule has 10 heteroatoms. The average Bonchev–Trinajstić information content (AvgIpc) is 2.12. The molecule has 1 rings (SSSR count). The molecule has 0 spiro atoms. The third-order valence-corrected chi connectivity index (χ3v) is 4.02. The smallest absolute Gasteiger partial charge is 0.744 e. The van der Waals surface area contributed by atoms with Gasteiger partial charge < -0.3 is 9.11 Å². The van der Waals surface area contributed by atoms with Crippen LogP contribution >= 0.6 is 0 Å². The summed E-state index contributed by atoms with van der Waals surface area (Å²) in [6.45, 7) is 0. The molecule has 0 aromatic heterocycles. The minimum atomic E-state index is -5.31. The third kappa shape index (κ3) is 7.73. The molecule has 0 heterocycles. The predicted molar refractivity (Wildman–Crippen MR) is 53.8 cm³/mol. The van der Waals surface area contributed by atoms with Crippen molar-refractivity contribution in [1.82, 2.24) is 0 Å². The van der Waals surface area contributed by atoms with E-state index < -0.39 is 24.5 Å². The van der Waals surface area contributed by atoms with Crippen molar-refractivity contribution in [3.63, 3.8) is 0 Å². The second-order valence-corrected chi connectivity index (χ2v) is 5.74. The van der Waals surface area contributed by atoms with Crippen LogP contribution in [0.3, 0.4) is 0 Å². The van der Waals surface area contributed by atoms with Gasteiger partial charge in [0, 0.05) is 0 Å². The van der Waals surface area contributed by atoms with Gasteiger partial charge in [0.25, 0.3) is 0 Å². The van der Waals surface area contributed by atoms with Gasteiger partial charge in [0.2, 0.25) is 0 Å². The Balaban J connectivity index is 0. The van der Waals surface area contributed by atoms with Crippen LogP contribution in [-0.4, -0.2) is 25.9 Å². The van der Waals surface area contributed by atoms with E-state index in [4.69, 9.17) is 0 Å². The molecule has 1 aromatic rings. The van der Waals surface area contributed by atoms with Crippen LogP contribution < -0.4 is 103 Å². The summed E-state index contributed by atoms with van der Waals surface area (Å²) in [6, 6.07) is 7.32. The van der Waals surface area contributed by atoms with Crippen molar-refractivity contribution in [1.29, 1.82) is 0 Å². The quantitative estimate of drug-likeness (QED) is 0.400. The van der Waals surface area contributed by atoms with Crippen molar-refractivity contribution in [2.45, 2.75) is 0 Å². The van der Waals surface area contributed by atoms with Crippen molar-refractivity contribution >= 4 is 26.3 Å². The predicted octanol–water partition coefficient (Wildman–Crippen LogP) is -5.92. The van der Waals surface area contributed by atoms with E-state index in [1.54, 1.807) is 6.07 Å². The maximum atomic E-state index is 10.6. The number of hydrogen-bond donors (Lipinski definition) is 0. The Morgan fingerprint density at radius 2 is 1.28 bits per heavy atom. The van der Waals surface area contributed by atoms with E-state index in [1.165, 1.54) is 24.3 Å². The van der Waals surface area contributed by atoms with E-state index in [9.17, 15) is 25.9 Å². The fraction of sp³-hybridized carbons (Fsp3) is 0. The normalized spacial score (nSPS) is 10.8. The molecule has 0 aliphatic heterocycles. The van der Waals surface area contributed by atoms with E-state index >= 15 is 0 Å². The van der Waals surface area contributed by atoms with Gasteiger partial charge in [-0.25, -0.2) is 16.8 Å². The molecule has 0 amide bonds. The summed E-state index contributed by atoms with van der Waals surface area (Å²) >= 11 is 0. The van der Waals surface area contributed by atoms with Crippen molar-refractivity contribution in [3.8, 4) is 0 Å². The third-order valence-electron chi connectivity index (χ3n) is 1.58. The van der Waals surface area contributed by atoms with Gasteiger partial charge in [-0.2, -0.15) is 0 Å². The molecule has 1 aromatic carbocycles. The molecule has 0 saturated heterocycles. The molecule has 0 aliphatic rings. The van der Waals surface area contributed by atoms with Crippen LogP contribution in [0, 0.1) is 0 Å². The number of hydrogen-bond acceptors (Lipinski definition) is 6. The van der Waals surface area contributed by atoms with Gasteiger partial charge in [-0.05, 0) is 11.6 Å². The molecule has 18 heavy (non-hydrogen) atoms. The summed E-state index contributed by atoms with van der Waals surface area (Å²) in [5.74, 6) is 0. The fourth-order valence-corrected chi connectivity index (χ4v) is 2.52. The molecular weight excluding hydrogens is 334 g/mol. The van der Waals surface area contributed by atoms with Crippen molar-refractivity contribution in [3.05, 3.63) is 40.1 Å². The Morgan fingerprint density at radius 1 is 0.889 bits per heavy atom. The van der Waals surface area contributed by atoms with E-state index in [1.807, 2.05) is 0 Å². The Hall–Kier alpha value is 2.05. The van der Waals surface area contributed by atoms with Gasteiger partial charge in [0.05, 0.1) is 0 Å². The Labute approximate surface area is 191 Å². The van der Waals surface area contributed by atoms with E-state index in [0.29, 0.717) is 6.08 Å². The van der Waals surface area contributed by atoms with Gasteiger partial charge in [-0.15, -0.1) is 0 Å². The maximum Gasteiger partial charge on any atom is 1.00 e. The summed E-state index contributed by atoms with van der Waals surface area (Å²) in [7, 11) is -10.6. The monoisotopic (exact) mass is 340 g/mol. The van der Waals surface area contributed by atoms with Crippen LogP contribution in [0.25, 0.3) is 6.08 Å². The first kappa shape index (κ1) is 22.3. The molecule has 88 valence electrons. The second kappa shape index (κ2) is 9.15. The zero-order valence-electron chi connectivity index (χ0n) is 9.73. The van der Waals surface area contributed by atoms with Crippen LogP contribution in [0.15, 0.2) is 34.6 Å². The fourth-order valence-electron chi connectivity index (χ4n) is 0.955.